The summed E-state index contributed by atoms with van der Waals surface area (Å²) in [7, 11) is 0. The molecular formula is C18H23ClN4O3. The van der Waals surface area contributed by atoms with Crippen molar-refractivity contribution in [2.24, 2.45) is 0 Å². The molecule has 7 nitrogen and oxygen atoms in total. The summed E-state index contributed by atoms with van der Waals surface area (Å²) in [5.74, 6) is 0.385. The van der Waals surface area contributed by atoms with Gasteiger partial charge >= 0.3 is 5.69 Å². The number of aryl methyl sites for hydroxylation is 1. The second-order valence-corrected chi connectivity index (χ2v) is 6.80. The van der Waals surface area contributed by atoms with Gasteiger partial charge in [-0.1, -0.05) is 18.5 Å². The first-order chi connectivity index (χ1) is 12.6. The van der Waals surface area contributed by atoms with Crippen molar-refractivity contribution < 1.29 is 9.53 Å². The quantitative estimate of drug-likeness (QED) is 0.798. The number of aromatic nitrogens is 3. The summed E-state index contributed by atoms with van der Waals surface area (Å²) < 4.78 is 8.25. The molecule has 0 bridgehead atoms. The summed E-state index contributed by atoms with van der Waals surface area (Å²) in [6, 6.07) is 6.87. The molecule has 1 aliphatic rings. The number of benzene rings is 1. The van der Waals surface area contributed by atoms with Crippen molar-refractivity contribution in [1.82, 2.24) is 19.7 Å². The summed E-state index contributed by atoms with van der Waals surface area (Å²) in [6.07, 6.45) is 3.50. The van der Waals surface area contributed by atoms with Crippen molar-refractivity contribution in [1.29, 1.82) is 0 Å². The molecule has 26 heavy (non-hydrogen) atoms. The molecule has 0 radical (unpaired) electrons. The van der Waals surface area contributed by atoms with Gasteiger partial charge in [-0.25, -0.2) is 4.79 Å². The zero-order valence-electron chi connectivity index (χ0n) is 14.8. The highest BCUT2D eigenvalue weighted by atomic mass is 35.5. The van der Waals surface area contributed by atoms with Gasteiger partial charge in [-0.2, -0.15) is 4.68 Å². The molecule has 1 aromatic heterocycles. The van der Waals surface area contributed by atoms with Crippen molar-refractivity contribution in [3.8, 4) is 5.69 Å². The maximum absolute atomic E-state index is 12.8. The van der Waals surface area contributed by atoms with E-state index in [4.69, 9.17) is 16.3 Å². The SMILES string of the molecule is CCCc1nn(-c2ccc(Cl)cc2)c(=O)n1CC(=O)NC[C@@H]1CCCO1. The van der Waals surface area contributed by atoms with Crippen LogP contribution >= 0.6 is 11.6 Å². The molecule has 0 saturated carbocycles. The fourth-order valence-corrected chi connectivity index (χ4v) is 3.11. The Labute approximate surface area is 156 Å². The molecule has 2 heterocycles. The monoisotopic (exact) mass is 378 g/mol. The highest BCUT2D eigenvalue weighted by Gasteiger charge is 2.19. The molecule has 1 fully saturated rings. The summed E-state index contributed by atoms with van der Waals surface area (Å²) in [6.45, 7) is 3.18. The van der Waals surface area contributed by atoms with E-state index in [1.54, 1.807) is 24.3 Å². The molecule has 140 valence electrons. The molecule has 1 aliphatic heterocycles. The summed E-state index contributed by atoms with van der Waals surface area (Å²) >= 11 is 5.91. The third kappa shape index (κ3) is 4.34. The fraction of sp³-hybridized carbons (Fsp3) is 0.500. The van der Waals surface area contributed by atoms with Gasteiger partial charge in [0.2, 0.25) is 5.91 Å². The maximum Gasteiger partial charge on any atom is 0.351 e. The molecule has 2 aromatic rings. The number of rotatable bonds is 7. The van der Waals surface area contributed by atoms with Gasteiger partial charge in [0.1, 0.15) is 12.4 Å². The highest BCUT2D eigenvalue weighted by Crippen LogP contribution is 2.12. The number of amides is 1. The summed E-state index contributed by atoms with van der Waals surface area (Å²) in [5, 5.41) is 7.84. The Morgan fingerprint density at radius 3 is 2.81 bits per heavy atom. The summed E-state index contributed by atoms with van der Waals surface area (Å²) in [5.41, 5.74) is 0.290. The first kappa shape index (κ1) is 18.7. The number of ether oxygens (including phenoxy) is 1. The second kappa shape index (κ2) is 8.51. The third-order valence-corrected chi connectivity index (χ3v) is 4.59. The van der Waals surface area contributed by atoms with Crippen LogP contribution in [0.25, 0.3) is 5.69 Å². The van der Waals surface area contributed by atoms with Crippen LogP contribution in [0.1, 0.15) is 32.0 Å². The normalized spacial score (nSPS) is 16.8. The van der Waals surface area contributed by atoms with Crippen LogP contribution in [-0.4, -0.2) is 39.5 Å². The lowest BCUT2D eigenvalue weighted by Crippen LogP contribution is -2.37. The topological polar surface area (TPSA) is 78.2 Å². The van der Waals surface area contributed by atoms with E-state index in [2.05, 4.69) is 10.4 Å². The van der Waals surface area contributed by atoms with Crippen LogP contribution in [0.15, 0.2) is 29.1 Å². The van der Waals surface area contributed by atoms with Gasteiger partial charge in [-0.05, 0) is 43.5 Å². The van der Waals surface area contributed by atoms with Crippen LogP contribution in [0, 0.1) is 0 Å². The first-order valence-electron chi connectivity index (χ1n) is 8.91. The number of carbonyl (C=O) groups is 1. The average molecular weight is 379 g/mol. The number of hydrogen-bond acceptors (Lipinski definition) is 4. The van der Waals surface area contributed by atoms with Crippen LogP contribution in [0.4, 0.5) is 0 Å². The number of nitrogens with zero attached hydrogens (tertiary/aromatic N) is 3. The molecule has 1 saturated heterocycles. The Balaban J connectivity index is 1.77. The van der Waals surface area contributed by atoms with Crippen molar-refractivity contribution in [2.45, 2.75) is 45.3 Å². The van der Waals surface area contributed by atoms with Crippen LogP contribution in [0.2, 0.25) is 5.02 Å². The van der Waals surface area contributed by atoms with Gasteiger partial charge in [0, 0.05) is 24.6 Å². The predicted molar refractivity (Wildman–Crippen MR) is 98.8 cm³/mol. The molecule has 1 aromatic carbocycles. The van der Waals surface area contributed by atoms with Crippen molar-refractivity contribution in [3.05, 3.63) is 45.6 Å². The predicted octanol–water partition coefficient (Wildman–Crippen LogP) is 1.94. The minimum atomic E-state index is -0.331. The Morgan fingerprint density at radius 2 is 2.15 bits per heavy atom. The molecule has 0 unspecified atom stereocenters. The maximum atomic E-state index is 12.8. The van der Waals surface area contributed by atoms with E-state index < -0.39 is 0 Å². The van der Waals surface area contributed by atoms with Gasteiger partial charge in [0.15, 0.2) is 0 Å². The molecular weight excluding hydrogens is 356 g/mol. The molecule has 1 amide bonds. The Hall–Kier alpha value is -2.12. The zero-order valence-corrected chi connectivity index (χ0v) is 15.5. The lowest BCUT2D eigenvalue weighted by Gasteiger charge is -2.11. The Kier molecular flexibility index (Phi) is 6.11. The second-order valence-electron chi connectivity index (χ2n) is 6.36. The number of halogens is 1. The highest BCUT2D eigenvalue weighted by molar-refractivity contribution is 6.30. The number of hydrogen-bond donors (Lipinski definition) is 1. The van der Waals surface area contributed by atoms with Gasteiger partial charge in [0.05, 0.1) is 11.8 Å². The smallest absolute Gasteiger partial charge is 0.351 e. The lowest BCUT2D eigenvalue weighted by molar-refractivity contribution is -0.122. The van der Waals surface area contributed by atoms with Gasteiger partial charge < -0.3 is 10.1 Å². The third-order valence-electron chi connectivity index (χ3n) is 4.34. The molecule has 1 N–H and O–H groups in total. The lowest BCUT2D eigenvalue weighted by atomic mass is 10.2. The number of nitrogens with one attached hydrogen (secondary N) is 1. The van der Waals surface area contributed by atoms with E-state index in [1.165, 1.54) is 9.25 Å². The fourth-order valence-electron chi connectivity index (χ4n) is 2.99. The Bertz CT molecular complexity index is 807. The molecule has 1 atom stereocenters. The Morgan fingerprint density at radius 1 is 1.38 bits per heavy atom. The van der Waals surface area contributed by atoms with E-state index in [9.17, 15) is 9.59 Å². The van der Waals surface area contributed by atoms with E-state index in [0.29, 0.717) is 29.5 Å². The van der Waals surface area contributed by atoms with Gasteiger partial charge in [-0.15, -0.1) is 5.10 Å². The van der Waals surface area contributed by atoms with E-state index in [0.717, 1.165) is 25.9 Å². The van der Waals surface area contributed by atoms with Crippen molar-refractivity contribution in [3.63, 3.8) is 0 Å². The van der Waals surface area contributed by atoms with Crippen LogP contribution in [-0.2, 0) is 22.5 Å². The van der Waals surface area contributed by atoms with Crippen LogP contribution < -0.4 is 11.0 Å². The molecule has 8 heteroatoms. The van der Waals surface area contributed by atoms with Gasteiger partial charge in [-0.3, -0.25) is 9.36 Å². The summed E-state index contributed by atoms with van der Waals surface area (Å²) in [4.78, 5) is 25.1. The molecule has 0 spiro atoms. The molecule has 0 aliphatic carbocycles. The molecule has 3 rings (SSSR count). The van der Waals surface area contributed by atoms with E-state index >= 15 is 0 Å². The van der Waals surface area contributed by atoms with E-state index in [-0.39, 0.29) is 24.2 Å². The van der Waals surface area contributed by atoms with Crippen LogP contribution in [0.3, 0.4) is 0 Å². The minimum absolute atomic E-state index is 0.0471. The van der Waals surface area contributed by atoms with Gasteiger partial charge in [0.25, 0.3) is 0 Å². The number of carbonyl (C=O) groups excluding carboxylic acids is 1. The average Bonchev–Trinajstić information content (AvgIpc) is 3.25. The van der Waals surface area contributed by atoms with Crippen LogP contribution in [0.5, 0.6) is 0 Å². The standard InChI is InChI=1S/C18H23ClN4O3/c1-2-4-16-21-23(14-8-6-13(19)7-9-14)18(25)22(16)12-17(24)20-11-15-5-3-10-26-15/h6-9,15H,2-5,10-12H2,1H3,(H,20,24)/t15-/m0/s1. The first-order valence-corrected chi connectivity index (χ1v) is 9.29. The zero-order chi connectivity index (χ0) is 18.5. The van der Waals surface area contributed by atoms with E-state index in [1.807, 2.05) is 6.92 Å². The largest absolute Gasteiger partial charge is 0.376 e. The van der Waals surface area contributed by atoms with Crippen molar-refractivity contribution >= 4 is 17.5 Å². The minimum Gasteiger partial charge on any atom is -0.376 e. The van der Waals surface area contributed by atoms with Crippen molar-refractivity contribution in [2.75, 3.05) is 13.2 Å².